The van der Waals surface area contributed by atoms with Crippen LogP contribution in [0.4, 0.5) is 8.90 Å². The Morgan fingerprint density at radius 1 is 0.429 bits per heavy atom. The molecule has 0 radical (unpaired) electrons. The summed E-state index contributed by atoms with van der Waals surface area (Å²) in [5.41, 5.74) is 0.00495. The molecule has 0 unspecified atom stereocenters. The number of carbonyl (C=O) groups excluding carboxylic acids is 7. The van der Waals surface area contributed by atoms with E-state index >= 15 is 4.11 Å². The summed E-state index contributed by atoms with van der Waals surface area (Å²) in [4.78, 5) is 181. The molecule has 0 spiro atoms. The average molecular weight is 1420 g/mol. The number of benzene rings is 1. The Hall–Kier alpha value is -8.49. The van der Waals surface area contributed by atoms with Crippen molar-refractivity contribution in [2.45, 2.75) is 165 Å². The van der Waals surface area contributed by atoms with Crippen molar-refractivity contribution in [2.24, 2.45) is 0 Å². The summed E-state index contributed by atoms with van der Waals surface area (Å²) in [6, 6.07) is -3.26. The highest BCUT2D eigenvalue weighted by Gasteiger charge is 2.56. The highest BCUT2D eigenvalue weighted by molar-refractivity contribution is 6.90. The van der Waals surface area contributed by atoms with Gasteiger partial charge in [-0.2, -0.15) is 0 Å². The molecule has 1 fully saturated rings. The van der Waals surface area contributed by atoms with E-state index in [0.717, 1.165) is 0 Å². The van der Waals surface area contributed by atoms with Gasteiger partial charge in [0.25, 0.3) is 14.3 Å². The van der Waals surface area contributed by atoms with Crippen molar-refractivity contribution in [3.05, 3.63) is 29.8 Å². The molecule has 35 nitrogen and oxygen atoms in total. The van der Waals surface area contributed by atoms with Gasteiger partial charge in [-0.15, -0.1) is 0 Å². The molecule has 5 atom stereocenters. The molecule has 0 bridgehead atoms. The fraction of sp³-hybridized carbons (Fsp3) is 0.672. The minimum atomic E-state index is -3.78. The lowest BCUT2D eigenvalue weighted by Crippen LogP contribution is -2.58. The molecule has 552 valence electrons. The van der Waals surface area contributed by atoms with Gasteiger partial charge in [-0.3, -0.25) is 62.8 Å². The molecule has 0 saturated carbocycles. The number of halogens is 1. The minimum absolute atomic E-state index is 0.00495. The Balaban J connectivity index is 2.09. The van der Waals surface area contributed by atoms with Crippen molar-refractivity contribution in [3.63, 3.8) is 0 Å². The number of nitrogens with one attached hydrogen (secondary N) is 8. The van der Waals surface area contributed by atoms with E-state index in [1.165, 1.54) is 24.3 Å². The van der Waals surface area contributed by atoms with Gasteiger partial charge in [-0.1, -0.05) is 53.7 Å². The van der Waals surface area contributed by atoms with Gasteiger partial charge >= 0.3 is 47.8 Å². The minimum Gasteiger partial charge on any atom is -0.480 e. The number of unbranched alkanes of at least 4 members (excludes halogenated alkanes) is 1. The number of carboxylic acids is 7. The SMILES string of the molecule is CC(C)(C)[Si](F)(c1ccc(C(=O)N[C@@H](CNC(=O)CN2CCN(CC(=O)O)CCN(CC(=O)O)CCN(CC(=O)O)CC2)C(=O)N[C@H](CCCCNC(=O)CCC(=O)NCCC[C@@H](NC(=O)CC[C@H](NC(=O)N[C@@H](CCCC(O)O)C(=O)O)C(=O)O)C(=O)O)C(=O)O)cc1)C(C)(C)C. The molecule has 98 heavy (non-hydrogen) atoms. The predicted octanol–water partition coefficient (Wildman–Crippen LogP) is -2.33. The second-order valence-corrected chi connectivity index (χ2v) is 30.8. The van der Waals surface area contributed by atoms with Crippen LogP contribution < -0.4 is 47.7 Å². The van der Waals surface area contributed by atoms with E-state index in [1.54, 1.807) is 61.1 Å². The number of aliphatic hydroxyl groups excluding tert-OH is 1. The van der Waals surface area contributed by atoms with Gasteiger partial charge in [-0.25, -0.2) is 24.0 Å². The van der Waals surface area contributed by atoms with E-state index in [2.05, 4.69) is 37.2 Å². The second kappa shape index (κ2) is 42.3. The Labute approximate surface area is 567 Å². The number of nitrogens with zero attached hydrogens (tertiary/aromatic N) is 4. The van der Waals surface area contributed by atoms with Crippen LogP contribution in [0.5, 0.6) is 0 Å². The number of carbonyl (C=O) groups is 14. The fourth-order valence-electron chi connectivity index (χ4n) is 10.9. The number of carboxylic acid groups (broad SMARTS) is 7. The standard InChI is InChI=1S/C61H99FN12O23Si/c1-60(2,3)98(62,61(4,5)6)39-17-15-38(16-18-39)53(87)68-44(33-65-48(78)34-71-25-27-72(35-50(81)82)29-31-74(37-52(85)86)32-30-73(28-26-71)36-51(83)84)54(88)67-41(56(91)92)11-7-8-23-63-45(75)21-22-46(76)64-24-10-13-40(55(89)90)66-47(77)20-19-43(58(95)96)70-59(97)69-42(57(93)94)12-9-14-49(79)80/h15-18,40-44,49,79-80H,7-14,19-37H2,1-6H3,(H,63,75)(H,64,76)(H,65,78)(H,66,77)(H,67,88)(H,68,87)(H,81,82)(H,83,84)(H,85,86)(H,89,90)(H,91,92)(H,93,94)(H,95,96)(H2,69,70,97)/t40-,41-,42+,43+,44+/m1/s1. The number of aliphatic hydroxyl groups is 2. The monoisotopic (exact) mass is 1410 g/mol. The summed E-state index contributed by atoms with van der Waals surface area (Å²) in [5, 5.41) is 103. The van der Waals surface area contributed by atoms with Gasteiger partial charge in [0.15, 0.2) is 6.29 Å². The molecular formula is C61H99FN12O23Si. The number of rotatable bonds is 41. The van der Waals surface area contributed by atoms with Crippen molar-refractivity contribution in [3.8, 4) is 0 Å². The van der Waals surface area contributed by atoms with Crippen molar-refractivity contribution < 1.29 is 117 Å². The van der Waals surface area contributed by atoms with Gasteiger partial charge in [0.05, 0.1) is 26.2 Å². The first-order valence-corrected chi connectivity index (χ1v) is 34.0. The molecule has 1 aliphatic heterocycles. The van der Waals surface area contributed by atoms with Crippen LogP contribution in [0.2, 0.25) is 10.1 Å². The zero-order valence-electron chi connectivity index (χ0n) is 56.3. The molecule has 1 saturated heterocycles. The average Bonchev–Trinajstić information content (AvgIpc) is 0.749. The van der Waals surface area contributed by atoms with Gasteiger partial charge in [0.2, 0.25) is 29.5 Å². The third kappa shape index (κ3) is 32.7. The molecule has 17 N–H and O–H groups in total. The van der Waals surface area contributed by atoms with Crippen LogP contribution in [-0.4, -0.2) is 292 Å². The third-order valence-electron chi connectivity index (χ3n) is 16.0. The molecule has 0 aromatic heterocycles. The summed E-state index contributed by atoms with van der Waals surface area (Å²) in [5.74, 6) is -14.1. The molecule has 1 aromatic carbocycles. The molecule has 0 aliphatic carbocycles. The van der Waals surface area contributed by atoms with E-state index in [4.69, 9.17) is 10.2 Å². The Morgan fingerprint density at radius 2 is 0.816 bits per heavy atom. The predicted molar refractivity (Wildman–Crippen MR) is 349 cm³/mol. The van der Waals surface area contributed by atoms with Gasteiger partial charge in [0, 0.05) is 96.8 Å². The quantitative estimate of drug-likeness (QED) is 0.0141. The number of aliphatic carboxylic acids is 7. The highest BCUT2D eigenvalue weighted by atomic mass is 28.4. The maximum absolute atomic E-state index is 17.2. The van der Waals surface area contributed by atoms with Crippen LogP contribution in [0, 0.1) is 0 Å². The van der Waals surface area contributed by atoms with Crippen LogP contribution in [0.1, 0.15) is 129 Å². The Kier molecular flexibility index (Phi) is 37.0. The van der Waals surface area contributed by atoms with Crippen LogP contribution >= 0.6 is 0 Å². The molecule has 1 aromatic rings. The Morgan fingerprint density at radius 3 is 1.23 bits per heavy atom. The summed E-state index contributed by atoms with van der Waals surface area (Å²) in [7, 11) is -3.78. The number of hydrogen-bond donors (Lipinski definition) is 17. The lowest BCUT2D eigenvalue weighted by Gasteiger charge is -2.44. The fourth-order valence-corrected chi connectivity index (χ4v) is 15.5. The van der Waals surface area contributed by atoms with E-state index < -0.39 is 171 Å². The number of hydrogen-bond acceptors (Lipinski definition) is 20. The van der Waals surface area contributed by atoms with E-state index in [9.17, 15) is 103 Å². The van der Waals surface area contributed by atoms with Gasteiger partial charge < -0.3 is 92.6 Å². The number of urea groups is 1. The van der Waals surface area contributed by atoms with Crippen LogP contribution in [-0.2, 0) is 57.5 Å². The molecular weight excluding hydrogens is 1320 g/mol. The number of amides is 8. The largest absolute Gasteiger partial charge is 0.480 e. The van der Waals surface area contributed by atoms with Crippen molar-refractivity contribution in [1.29, 1.82) is 0 Å². The van der Waals surface area contributed by atoms with E-state index in [1.807, 2.05) is 5.32 Å². The summed E-state index contributed by atoms with van der Waals surface area (Å²) >= 11 is 0. The third-order valence-corrected chi connectivity index (χ3v) is 21.3. The summed E-state index contributed by atoms with van der Waals surface area (Å²) in [6.45, 7) is 9.40. The van der Waals surface area contributed by atoms with Gasteiger partial charge in [-0.05, 0) is 85.2 Å². The lowest BCUT2D eigenvalue weighted by atomic mass is 10.1. The lowest BCUT2D eigenvalue weighted by molar-refractivity contribution is -0.142. The zero-order chi connectivity index (χ0) is 74.1. The maximum atomic E-state index is 17.2. The topological polar surface area (TPSA) is 530 Å². The molecule has 1 heterocycles. The smallest absolute Gasteiger partial charge is 0.326 e. The van der Waals surface area contributed by atoms with Crippen LogP contribution in [0.15, 0.2) is 24.3 Å². The van der Waals surface area contributed by atoms with E-state index in [-0.39, 0.29) is 148 Å². The van der Waals surface area contributed by atoms with Crippen molar-refractivity contribution >= 4 is 96.9 Å². The summed E-state index contributed by atoms with van der Waals surface area (Å²) < 4.78 is 17.2. The molecule has 2 rings (SSSR count). The van der Waals surface area contributed by atoms with Crippen molar-refractivity contribution in [2.75, 3.05) is 98.2 Å². The Bertz CT molecular complexity index is 2840. The first-order valence-electron chi connectivity index (χ1n) is 32.1. The summed E-state index contributed by atoms with van der Waals surface area (Å²) in [6.07, 6.45) is -3.91. The van der Waals surface area contributed by atoms with E-state index in [0.29, 0.717) is 5.19 Å². The van der Waals surface area contributed by atoms with Crippen LogP contribution in [0.25, 0.3) is 0 Å². The second-order valence-electron chi connectivity index (χ2n) is 25.9. The van der Waals surface area contributed by atoms with Crippen molar-refractivity contribution in [1.82, 2.24) is 62.1 Å². The van der Waals surface area contributed by atoms with Gasteiger partial charge in [0.1, 0.15) is 30.2 Å². The highest BCUT2D eigenvalue weighted by Crippen LogP contribution is 2.51. The first-order chi connectivity index (χ1) is 45.7. The first kappa shape index (κ1) is 85.6. The normalized spacial score (nSPS) is 15.6. The maximum Gasteiger partial charge on any atom is 0.326 e. The van der Waals surface area contributed by atoms with Crippen LogP contribution in [0.3, 0.4) is 0 Å². The molecule has 8 amide bonds. The molecule has 37 heteroatoms. The molecule has 1 aliphatic rings. The zero-order valence-corrected chi connectivity index (χ0v) is 57.3.